The van der Waals surface area contributed by atoms with Crippen LogP contribution in [0, 0.1) is 18.3 Å². The van der Waals surface area contributed by atoms with Crippen molar-refractivity contribution >= 4 is 5.78 Å². The van der Waals surface area contributed by atoms with E-state index in [0.717, 1.165) is 5.56 Å². The van der Waals surface area contributed by atoms with E-state index in [1.165, 1.54) is 5.56 Å². The van der Waals surface area contributed by atoms with Crippen LogP contribution in [-0.4, -0.2) is 23.8 Å². The number of carbonyl (C=O) groups excluding carboxylic acids is 1. The van der Waals surface area contributed by atoms with Gasteiger partial charge in [0.05, 0.1) is 6.07 Å². The van der Waals surface area contributed by atoms with E-state index in [9.17, 15) is 10.1 Å². The summed E-state index contributed by atoms with van der Waals surface area (Å²) >= 11 is 0. The predicted molar refractivity (Wildman–Crippen MR) is 65.3 cm³/mol. The van der Waals surface area contributed by atoms with Gasteiger partial charge in [-0.3, -0.25) is 9.69 Å². The fourth-order valence-corrected chi connectivity index (χ4v) is 2.15. The van der Waals surface area contributed by atoms with E-state index < -0.39 is 0 Å². The average Bonchev–Trinajstić information content (AvgIpc) is 2.35. The van der Waals surface area contributed by atoms with E-state index in [1.54, 1.807) is 0 Å². The van der Waals surface area contributed by atoms with Crippen LogP contribution in [-0.2, 0) is 4.79 Å². The maximum absolute atomic E-state index is 11.2. The highest BCUT2D eigenvalue weighted by molar-refractivity contribution is 5.79. The molecule has 3 heteroatoms. The van der Waals surface area contributed by atoms with E-state index in [2.05, 4.69) is 11.0 Å². The first-order chi connectivity index (χ1) is 8.20. The first-order valence-electron chi connectivity index (χ1n) is 5.92. The number of ketones is 1. The maximum atomic E-state index is 11.2. The quantitative estimate of drug-likeness (QED) is 0.779. The van der Waals surface area contributed by atoms with Crippen LogP contribution in [0.15, 0.2) is 24.3 Å². The Hall–Kier alpha value is -1.66. The minimum atomic E-state index is -0.219. The minimum absolute atomic E-state index is 0.219. The number of piperidine rings is 1. The van der Waals surface area contributed by atoms with Crippen molar-refractivity contribution in [2.24, 2.45) is 0 Å². The number of hydrogen-bond acceptors (Lipinski definition) is 3. The lowest BCUT2D eigenvalue weighted by molar-refractivity contribution is -0.121. The van der Waals surface area contributed by atoms with Crippen molar-refractivity contribution in [3.63, 3.8) is 0 Å². The van der Waals surface area contributed by atoms with Crippen LogP contribution in [0.4, 0.5) is 0 Å². The number of Topliss-reactive ketones (excluding diaryl/α,β-unsaturated/α-hetero) is 1. The SMILES string of the molecule is Cc1ccc(C(C#N)N2CCC(=O)CC2)cc1. The van der Waals surface area contributed by atoms with Gasteiger partial charge in [-0.2, -0.15) is 5.26 Å². The number of nitrogens with zero attached hydrogens (tertiary/aromatic N) is 2. The first-order valence-corrected chi connectivity index (χ1v) is 5.92. The van der Waals surface area contributed by atoms with E-state index >= 15 is 0 Å². The molecule has 1 unspecified atom stereocenters. The second-order valence-corrected chi connectivity index (χ2v) is 4.52. The molecule has 0 saturated carbocycles. The molecule has 0 aliphatic carbocycles. The van der Waals surface area contributed by atoms with Gasteiger partial charge >= 0.3 is 0 Å². The van der Waals surface area contributed by atoms with E-state index in [0.29, 0.717) is 31.7 Å². The topological polar surface area (TPSA) is 44.1 Å². The number of nitriles is 1. The molecule has 0 aromatic heterocycles. The summed E-state index contributed by atoms with van der Waals surface area (Å²) in [7, 11) is 0. The molecular weight excluding hydrogens is 212 g/mol. The Morgan fingerprint density at radius 1 is 1.24 bits per heavy atom. The van der Waals surface area contributed by atoms with Crippen LogP contribution in [0.3, 0.4) is 0 Å². The summed E-state index contributed by atoms with van der Waals surface area (Å²) < 4.78 is 0. The van der Waals surface area contributed by atoms with E-state index in [1.807, 2.05) is 31.2 Å². The molecule has 17 heavy (non-hydrogen) atoms. The van der Waals surface area contributed by atoms with Crippen molar-refractivity contribution in [1.29, 1.82) is 5.26 Å². The standard InChI is InChI=1S/C14H16N2O/c1-11-2-4-12(5-3-11)14(10-15)16-8-6-13(17)7-9-16/h2-5,14H,6-9H2,1H3. The summed E-state index contributed by atoms with van der Waals surface area (Å²) in [5, 5.41) is 9.29. The molecule has 88 valence electrons. The summed E-state index contributed by atoms with van der Waals surface area (Å²) in [6.45, 7) is 3.43. The lowest BCUT2D eigenvalue weighted by atomic mass is 10.0. The molecule has 2 rings (SSSR count). The van der Waals surface area contributed by atoms with Crippen molar-refractivity contribution in [3.05, 3.63) is 35.4 Å². The van der Waals surface area contributed by atoms with E-state index in [-0.39, 0.29) is 6.04 Å². The fraction of sp³-hybridized carbons (Fsp3) is 0.429. The van der Waals surface area contributed by atoms with Crippen LogP contribution < -0.4 is 0 Å². The summed E-state index contributed by atoms with van der Waals surface area (Å²) in [5.74, 6) is 0.307. The number of aryl methyl sites for hydroxylation is 1. The third kappa shape index (κ3) is 2.72. The van der Waals surface area contributed by atoms with Gasteiger partial charge in [-0.15, -0.1) is 0 Å². The normalized spacial score (nSPS) is 18.7. The number of hydrogen-bond donors (Lipinski definition) is 0. The van der Waals surface area contributed by atoms with Crippen molar-refractivity contribution in [2.45, 2.75) is 25.8 Å². The molecule has 0 N–H and O–H groups in total. The molecule has 0 amide bonds. The molecule has 3 nitrogen and oxygen atoms in total. The van der Waals surface area contributed by atoms with E-state index in [4.69, 9.17) is 0 Å². The molecule has 1 aromatic carbocycles. The fourth-order valence-electron chi connectivity index (χ4n) is 2.15. The third-order valence-corrected chi connectivity index (χ3v) is 3.24. The molecule has 1 saturated heterocycles. The zero-order valence-corrected chi connectivity index (χ0v) is 10.0. The van der Waals surface area contributed by atoms with Gasteiger partial charge < -0.3 is 0 Å². The Morgan fingerprint density at radius 2 is 1.82 bits per heavy atom. The Morgan fingerprint density at radius 3 is 2.35 bits per heavy atom. The average molecular weight is 228 g/mol. The molecule has 1 aromatic rings. The largest absolute Gasteiger partial charge is 0.300 e. The van der Waals surface area contributed by atoms with Gasteiger partial charge in [0.2, 0.25) is 0 Å². The Kier molecular flexibility index (Phi) is 3.55. The molecule has 1 fully saturated rings. The van der Waals surface area contributed by atoms with Crippen LogP contribution in [0.25, 0.3) is 0 Å². The van der Waals surface area contributed by atoms with Crippen molar-refractivity contribution in [3.8, 4) is 6.07 Å². The molecule has 1 atom stereocenters. The van der Waals surface area contributed by atoms with Crippen LogP contribution in [0.5, 0.6) is 0 Å². The monoisotopic (exact) mass is 228 g/mol. The zero-order valence-electron chi connectivity index (χ0n) is 10.0. The molecule has 1 aliphatic rings. The van der Waals surface area contributed by atoms with Crippen molar-refractivity contribution in [2.75, 3.05) is 13.1 Å². The second-order valence-electron chi connectivity index (χ2n) is 4.52. The summed E-state index contributed by atoms with van der Waals surface area (Å²) in [5.41, 5.74) is 2.21. The van der Waals surface area contributed by atoms with Gasteiger partial charge in [-0.25, -0.2) is 0 Å². The van der Waals surface area contributed by atoms with Gasteiger partial charge in [-0.05, 0) is 12.5 Å². The lowest BCUT2D eigenvalue weighted by Gasteiger charge is -2.30. The van der Waals surface area contributed by atoms with Gasteiger partial charge in [0.25, 0.3) is 0 Å². The van der Waals surface area contributed by atoms with Crippen molar-refractivity contribution < 1.29 is 4.79 Å². The predicted octanol–water partition coefficient (Wildman–Crippen LogP) is 2.22. The number of carbonyl (C=O) groups is 1. The summed E-state index contributed by atoms with van der Waals surface area (Å²) in [6.07, 6.45) is 1.15. The second kappa shape index (κ2) is 5.11. The molecule has 0 spiro atoms. The van der Waals surface area contributed by atoms with Gasteiger partial charge in [0, 0.05) is 25.9 Å². The van der Waals surface area contributed by atoms with Gasteiger partial charge in [0.1, 0.15) is 11.8 Å². The molecular formula is C14H16N2O. The maximum Gasteiger partial charge on any atom is 0.135 e. The first kappa shape index (κ1) is 11.8. The summed E-state index contributed by atoms with van der Waals surface area (Å²) in [6, 6.07) is 10.2. The van der Waals surface area contributed by atoms with Crippen LogP contribution >= 0.6 is 0 Å². The third-order valence-electron chi connectivity index (χ3n) is 3.24. The molecule has 1 aliphatic heterocycles. The minimum Gasteiger partial charge on any atom is -0.300 e. The number of likely N-dealkylation sites (tertiary alicyclic amines) is 1. The number of benzene rings is 1. The van der Waals surface area contributed by atoms with Gasteiger partial charge in [0.15, 0.2) is 0 Å². The summed E-state index contributed by atoms with van der Waals surface area (Å²) in [4.78, 5) is 13.3. The highest BCUT2D eigenvalue weighted by Crippen LogP contribution is 2.23. The Balaban J connectivity index is 2.14. The number of rotatable bonds is 2. The Labute approximate surface area is 102 Å². The Bertz CT molecular complexity index is 434. The van der Waals surface area contributed by atoms with Crippen molar-refractivity contribution in [1.82, 2.24) is 4.90 Å². The van der Waals surface area contributed by atoms with Crippen LogP contribution in [0.2, 0.25) is 0 Å². The smallest absolute Gasteiger partial charge is 0.135 e. The zero-order chi connectivity index (χ0) is 12.3. The molecule has 0 bridgehead atoms. The lowest BCUT2D eigenvalue weighted by Crippen LogP contribution is -2.36. The molecule has 0 radical (unpaired) electrons. The van der Waals surface area contributed by atoms with Crippen LogP contribution in [0.1, 0.15) is 30.0 Å². The highest BCUT2D eigenvalue weighted by atomic mass is 16.1. The molecule has 1 heterocycles. The van der Waals surface area contributed by atoms with Gasteiger partial charge in [-0.1, -0.05) is 29.8 Å². The highest BCUT2D eigenvalue weighted by Gasteiger charge is 2.24.